The molecule has 8 aromatic rings. The molecule has 0 aliphatic heterocycles. The van der Waals surface area contributed by atoms with Crippen LogP contribution in [0.5, 0.6) is 0 Å². The zero-order valence-electron chi connectivity index (χ0n) is 33.9. The van der Waals surface area contributed by atoms with Gasteiger partial charge in [-0.25, -0.2) is 0 Å². The molecule has 1 aromatic heterocycles. The van der Waals surface area contributed by atoms with E-state index in [9.17, 15) is 0 Å². The van der Waals surface area contributed by atoms with E-state index in [0.29, 0.717) is 6.04 Å². The SMILES string of the molecule is C=C1c2ccc(-c3ccc(C)c(-c4ccccc4C)c3)cc2Cc2cc(-c3ccc4c(c3)c3ccccc3n4C3C=CC=CC3)ccc21.CC.Cc1ccccc1. The predicted molar refractivity (Wildman–Crippen MR) is 247 cm³/mol. The third-order valence-corrected chi connectivity index (χ3v) is 11.5. The van der Waals surface area contributed by atoms with Crippen molar-refractivity contribution in [1.82, 2.24) is 4.57 Å². The topological polar surface area (TPSA) is 4.93 Å². The third kappa shape index (κ3) is 7.34. The lowest BCUT2D eigenvalue weighted by molar-refractivity contribution is 0.648. The van der Waals surface area contributed by atoms with Crippen LogP contribution in [0, 0.1) is 20.8 Å². The second-order valence-electron chi connectivity index (χ2n) is 15.1. The van der Waals surface area contributed by atoms with Gasteiger partial charge in [0, 0.05) is 21.8 Å². The predicted octanol–water partition coefficient (Wildman–Crippen LogP) is 15.5. The molecule has 0 spiro atoms. The summed E-state index contributed by atoms with van der Waals surface area (Å²) >= 11 is 0. The summed E-state index contributed by atoms with van der Waals surface area (Å²) in [6, 6.07) is 55.9. The van der Waals surface area contributed by atoms with Gasteiger partial charge in [0.1, 0.15) is 0 Å². The van der Waals surface area contributed by atoms with Crippen LogP contribution < -0.4 is 0 Å². The summed E-state index contributed by atoms with van der Waals surface area (Å²) in [6.07, 6.45) is 10.8. The van der Waals surface area contributed by atoms with Gasteiger partial charge in [-0.05, 0) is 130 Å². The normalized spacial score (nSPS) is 14.0. The van der Waals surface area contributed by atoms with Crippen molar-refractivity contribution in [3.05, 3.63) is 221 Å². The van der Waals surface area contributed by atoms with Crippen molar-refractivity contribution in [2.24, 2.45) is 0 Å². The Labute approximate surface area is 339 Å². The summed E-state index contributed by atoms with van der Waals surface area (Å²) in [5.74, 6) is 0. The van der Waals surface area contributed by atoms with Crippen molar-refractivity contribution in [3.63, 3.8) is 0 Å². The first-order chi connectivity index (χ1) is 27.9. The highest BCUT2D eigenvalue weighted by Crippen LogP contribution is 2.41. The second kappa shape index (κ2) is 16.3. The van der Waals surface area contributed by atoms with Crippen LogP contribution >= 0.6 is 0 Å². The average molecular weight is 738 g/mol. The van der Waals surface area contributed by atoms with Crippen LogP contribution in [0.2, 0.25) is 0 Å². The molecule has 1 nitrogen and oxygen atoms in total. The molecule has 7 aromatic carbocycles. The molecular formula is C56H51N. The number of hydrogen-bond donors (Lipinski definition) is 0. The van der Waals surface area contributed by atoms with Gasteiger partial charge in [0.05, 0.1) is 6.04 Å². The molecule has 0 bridgehead atoms. The lowest BCUT2D eigenvalue weighted by Crippen LogP contribution is -2.07. The van der Waals surface area contributed by atoms with Crippen molar-refractivity contribution in [2.45, 2.75) is 53.5 Å². The number of rotatable bonds is 4. The molecule has 0 saturated heterocycles. The van der Waals surface area contributed by atoms with Gasteiger partial charge in [0.2, 0.25) is 0 Å². The zero-order chi connectivity index (χ0) is 39.5. The summed E-state index contributed by atoms with van der Waals surface area (Å²) in [5.41, 5.74) is 20.4. The minimum absolute atomic E-state index is 0.330. The fourth-order valence-electron chi connectivity index (χ4n) is 8.58. The molecule has 280 valence electrons. The molecule has 0 amide bonds. The fourth-order valence-corrected chi connectivity index (χ4v) is 8.58. The number of allylic oxidation sites excluding steroid dienone is 4. The van der Waals surface area contributed by atoms with E-state index >= 15 is 0 Å². The van der Waals surface area contributed by atoms with Crippen LogP contribution in [0.1, 0.15) is 65.3 Å². The Hall–Kier alpha value is -6.44. The molecule has 1 heteroatoms. The van der Waals surface area contributed by atoms with Gasteiger partial charge in [-0.2, -0.15) is 0 Å². The minimum Gasteiger partial charge on any atom is -0.333 e. The van der Waals surface area contributed by atoms with E-state index in [-0.39, 0.29) is 0 Å². The van der Waals surface area contributed by atoms with Gasteiger partial charge in [0.25, 0.3) is 0 Å². The molecule has 57 heavy (non-hydrogen) atoms. The Kier molecular flexibility index (Phi) is 10.7. The molecule has 2 aliphatic carbocycles. The van der Waals surface area contributed by atoms with Crippen LogP contribution in [-0.2, 0) is 6.42 Å². The Morgan fingerprint density at radius 3 is 1.74 bits per heavy atom. The fraction of sp³-hybridized carbons (Fsp3) is 0.143. The number of aromatic nitrogens is 1. The van der Waals surface area contributed by atoms with E-state index in [4.69, 9.17) is 0 Å². The van der Waals surface area contributed by atoms with E-state index in [1.807, 2.05) is 32.0 Å². The number of hydrogen-bond acceptors (Lipinski definition) is 0. The molecule has 0 fully saturated rings. The molecular weight excluding hydrogens is 687 g/mol. The maximum absolute atomic E-state index is 4.59. The lowest BCUT2D eigenvalue weighted by atomic mass is 9.80. The number of para-hydroxylation sites is 1. The molecule has 1 heterocycles. The first kappa shape index (κ1) is 37.5. The Balaban J connectivity index is 0.000000454. The van der Waals surface area contributed by atoms with Gasteiger partial charge in [0.15, 0.2) is 0 Å². The van der Waals surface area contributed by atoms with Gasteiger partial charge in [-0.3, -0.25) is 0 Å². The molecule has 0 N–H and O–H groups in total. The number of nitrogens with zero attached hydrogens (tertiary/aromatic N) is 1. The summed E-state index contributed by atoms with van der Waals surface area (Å²) in [6.45, 7) is 15.1. The Morgan fingerprint density at radius 1 is 0.491 bits per heavy atom. The molecule has 0 radical (unpaired) electrons. The molecule has 1 atom stereocenters. The van der Waals surface area contributed by atoms with E-state index in [1.165, 1.54) is 94.1 Å². The van der Waals surface area contributed by atoms with Crippen LogP contribution in [-0.4, -0.2) is 4.57 Å². The van der Waals surface area contributed by atoms with Crippen LogP contribution in [0.3, 0.4) is 0 Å². The summed E-state index contributed by atoms with van der Waals surface area (Å²) in [5, 5.41) is 2.62. The highest BCUT2D eigenvalue weighted by molar-refractivity contribution is 6.09. The largest absolute Gasteiger partial charge is 0.333 e. The van der Waals surface area contributed by atoms with Crippen LogP contribution in [0.25, 0.3) is 60.8 Å². The minimum atomic E-state index is 0.330. The van der Waals surface area contributed by atoms with Gasteiger partial charge < -0.3 is 4.57 Å². The average Bonchev–Trinajstić information content (AvgIpc) is 3.59. The molecule has 0 saturated carbocycles. The monoisotopic (exact) mass is 737 g/mol. The number of benzene rings is 7. The Bertz CT molecular complexity index is 2810. The van der Waals surface area contributed by atoms with Gasteiger partial charge in [-0.15, -0.1) is 0 Å². The second-order valence-corrected chi connectivity index (χ2v) is 15.1. The number of fused-ring (bicyclic) bond motifs is 5. The molecule has 2 aliphatic rings. The van der Waals surface area contributed by atoms with E-state index in [2.05, 4.69) is 190 Å². The van der Waals surface area contributed by atoms with Crippen molar-refractivity contribution >= 4 is 27.4 Å². The number of aryl methyl sites for hydroxylation is 3. The standard InChI is InChI=1S/C47H37N.C7H8.C2H6/c1-30-11-7-8-14-40(30)44-28-35(18-17-31(44)2)33-19-22-41-32(3)42-23-20-34(26-38(42)27-37(41)25-33)36-21-24-47-45(29-36)43-15-9-10-16-46(43)48(47)39-12-5-4-6-13-39;1-7-5-3-2-4-6-7;1-2/h4-12,14-26,28-29,39H,3,13,27H2,1-2H3;2-6H,1H3;1-2H3. The van der Waals surface area contributed by atoms with Crippen LogP contribution in [0.15, 0.2) is 183 Å². The van der Waals surface area contributed by atoms with Crippen molar-refractivity contribution < 1.29 is 0 Å². The molecule has 10 rings (SSSR count). The van der Waals surface area contributed by atoms with Crippen molar-refractivity contribution in [1.29, 1.82) is 0 Å². The van der Waals surface area contributed by atoms with Crippen molar-refractivity contribution in [2.75, 3.05) is 0 Å². The maximum atomic E-state index is 4.59. The van der Waals surface area contributed by atoms with Crippen LogP contribution in [0.4, 0.5) is 0 Å². The van der Waals surface area contributed by atoms with Crippen molar-refractivity contribution in [3.8, 4) is 33.4 Å². The summed E-state index contributed by atoms with van der Waals surface area (Å²) < 4.78 is 2.51. The quantitative estimate of drug-likeness (QED) is 0.169. The van der Waals surface area contributed by atoms with Gasteiger partial charge >= 0.3 is 0 Å². The van der Waals surface area contributed by atoms with Gasteiger partial charge in [-0.1, -0.05) is 178 Å². The molecule has 1 unspecified atom stereocenters. The third-order valence-electron chi connectivity index (χ3n) is 11.5. The summed E-state index contributed by atoms with van der Waals surface area (Å²) in [7, 11) is 0. The highest BCUT2D eigenvalue weighted by atomic mass is 15.0. The first-order valence-corrected chi connectivity index (χ1v) is 20.4. The van der Waals surface area contributed by atoms with E-state index in [0.717, 1.165) is 18.4 Å². The highest BCUT2D eigenvalue weighted by Gasteiger charge is 2.22. The first-order valence-electron chi connectivity index (χ1n) is 20.4. The van der Waals surface area contributed by atoms with E-state index < -0.39 is 0 Å². The lowest BCUT2D eigenvalue weighted by Gasteiger charge is -2.24. The maximum Gasteiger partial charge on any atom is 0.0560 e. The smallest absolute Gasteiger partial charge is 0.0560 e. The van der Waals surface area contributed by atoms with E-state index in [1.54, 1.807) is 0 Å². The summed E-state index contributed by atoms with van der Waals surface area (Å²) in [4.78, 5) is 0. The zero-order valence-corrected chi connectivity index (χ0v) is 33.9. The Morgan fingerprint density at radius 2 is 1.07 bits per heavy atom.